The fourth-order valence-corrected chi connectivity index (χ4v) is 1.68. The van der Waals surface area contributed by atoms with E-state index in [1.54, 1.807) is 5.56 Å². The maximum atomic E-state index is 2.39. The van der Waals surface area contributed by atoms with Gasteiger partial charge in [-0.2, -0.15) is 0 Å². The molecule has 70 valence electrons. The standard InChI is InChI=1S/C13H18/c1-13(2,3)12-6-4-5-11(9-12)10-7-8-10/h4-6,9-10H,7-8H2,1-3H3. The molecule has 13 heavy (non-hydrogen) atoms. The van der Waals surface area contributed by atoms with Crippen LogP contribution in [-0.2, 0) is 5.41 Å². The predicted molar refractivity (Wildman–Crippen MR) is 57.1 cm³/mol. The van der Waals surface area contributed by atoms with E-state index in [0.717, 1.165) is 5.92 Å². The van der Waals surface area contributed by atoms with Crippen molar-refractivity contribution in [2.24, 2.45) is 0 Å². The summed E-state index contributed by atoms with van der Waals surface area (Å²) in [7, 11) is 0. The van der Waals surface area contributed by atoms with Crippen LogP contribution in [0.3, 0.4) is 0 Å². The van der Waals surface area contributed by atoms with E-state index in [1.165, 1.54) is 18.4 Å². The maximum absolute atomic E-state index is 2.39. The van der Waals surface area contributed by atoms with E-state index < -0.39 is 0 Å². The summed E-state index contributed by atoms with van der Waals surface area (Å²) in [5.41, 5.74) is 3.31. The highest BCUT2D eigenvalue weighted by Gasteiger charge is 2.24. The van der Waals surface area contributed by atoms with Crippen molar-refractivity contribution in [1.29, 1.82) is 0 Å². The van der Waals surface area contributed by atoms with Gasteiger partial charge >= 0.3 is 0 Å². The molecule has 1 aliphatic carbocycles. The summed E-state index contributed by atoms with van der Waals surface area (Å²) >= 11 is 0. The van der Waals surface area contributed by atoms with Crippen LogP contribution in [-0.4, -0.2) is 0 Å². The SMILES string of the molecule is CC(C)(C)c1cccc(C2CC2)c1. The summed E-state index contributed by atoms with van der Waals surface area (Å²) in [5.74, 6) is 0.877. The van der Waals surface area contributed by atoms with Gasteiger partial charge in [-0.05, 0) is 35.3 Å². The first-order valence-electron chi connectivity index (χ1n) is 5.18. The topological polar surface area (TPSA) is 0 Å². The molecule has 0 heteroatoms. The van der Waals surface area contributed by atoms with E-state index >= 15 is 0 Å². The average molecular weight is 174 g/mol. The molecule has 1 aromatic carbocycles. The maximum Gasteiger partial charge on any atom is -0.0132 e. The van der Waals surface area contributed by atoms with E-state index in [-0.39, 0.29) is 0 Å². The van der Waals surface area contributed by atoms with Gasteiger partial charge in [-0.15, -0.1) is 0 Å². The minimum Gasteiger partial charge on any atom is -0.0617 e. The zero-order valence-corrected chi connectivity index (χ0v) is 8.80. The molecule has 1 saturated carbocycles. The van der Waals surface area contributed by atoms with Gasteiger partial charge in [0.2, 0.25) is 0 Å². The summed E-state index contributed by atoms with van der Waals surface area (Å²) in [5, 5.41) is 0. The number of benzene rings is 1. The van der Waals surface area contributed by atoms with Crippen LogP contribution in [0.25, 0.3) is 0 Å². The summed E-state index contributed by atoms with van der Waals surface area (Å²) < 4.78 is 0. The van der Waals surface area contributed by atoms with E-state index in [9.17, 15) is 0 Å². The molecular formula is C13H18. The van der Waals surface area contributed by atoms with Crippen LogP contribution in [0, 0.1) is 0 Å². The number of hydrogen-bond acceptors (Lipinski definition) is 0. The summed E-state index contributed by atoms with van der Waals surface area (Å²) in [6, 6.07) is 9.10. The Balaban J connectivity index is 2.32. The second kappa shape index (κ2) is 2.87. The fraction of sp³-hybridized carbons (Fsp3) is 0.538. The van der Waals surface area contributed by atoms with E-state index in [1.807, 2.05) is 0 Å². The lowest BCUT2D eigenvalue weighted by Crippen LogP contribution is -2.10. The van der Waals surface area contributed by atoms with Crippen LogP contribution in [0.2, 0.25) is 0 Å². The molecular weight excluding hydrogens is 156 g/mol. The van der Waals surface area contributed by atoms with Crippen LogP contribution in [0.5, 0.6) is 0 Å². The van der Waals surface area contributed by atoms with E-state index in [4.69, 9.17) is 0 Å². The summed E-state index contributed by atoms with van der Waals surface area (Å²) in [6.45, 7) is 6.83. The Bertz CT molecular complexity index is 300. The van der Waals surface area contributed by atoms with Gasteiger partial charge < -0.3 is 0 Å². The van der Waals surface area contributed by atoms with Gasteiger partial charge in [0, 0.05) is 0 Å². The van der Waals surface area contributed by atoms with Crippen molar-refractivity contribution in [3.05, 3.63) is 35.4 Å². The summed E-state index contributed by atoms with van der Waals surface area (Å²) in [6.07, 6.45) is 2.79. The van der Waals surface area contributed by atoms with Crippen molar-refractivity contribution >= 4 is 0 Å². The third kappa shape index (κ3) is 1.93. The Morgan fingerprint density at radius 1 is 1.15 bits per heavy atom. The minimum atomic E-state index is 0.297. The van der Waals surface area contributed by atoms with Gasteiger partial charge in [-0.25, -0.2) is 0 Å². The molecule has 0 saturated heterocycles. The van der Waals surface area contributed by atoms with Gasteiger partial charge in [0.25, 0.3) is 0 Å². The molecule has 0 heterocycles. The molecule has 0 N–H and O–H groups in total. The smallest absolute Gasteiger partial charge is 0.0132 e. The second-order valence-corrected chi connectivity index (χ2v) is 5.15. The van der Waals surface area contributed by atoms with Crippen molar-refractivity contribution < 1.29 is 0 Å². The Morgan fingerprint density at radius 3 is 2.38 bits per heavy atom. The van der Waals surface area contributed by atoms with Gasteiger partial charge in [0.1, 0.15) is 0 Å². The lowest BCUT2D eigenvalue weighted by Gasteiger charge is -2.19. The molecule has 0 aliphatic heterocycles. The predicted octanol–water partition coefficient (Wildman–Crippen LogP) is 3.86. The normalized spacial score (nSPS) is 17.5. The summed E-state index contributed by atoms with van der Waals surface area (Å²) in [4.78, 5) is 0. The molecule has 0 bridgehead atoms. The molecule has 1 fully saturated rings. The van der Waals surface area contributed by atoms with Crippen molar-refractivity contribution in [3.63, 3.8) is 0 Å². The van der Waals surface area contributed by atoms with Crippen LogP contribution >= 0.6 is 0 Å². The lowest BCUT2D eigenvalue weighted by molar-refractivity contribution is 0.589. The molecule has 0 radical (unpaired) electrons. The first kappa shape index (κ1) is 8.80. The van der Waals surface area contributed by atoms with Gasteiger partial charge in [-0.1, -0.05) is 45.0 Å². The first-order chi connectivity index (χ1) is 6.07. The number of hydrogen-bond donors (Lipinski definition) is 0. The van der Waals surface area contributed by atoms with Crippen LogP contribution in [0.15, 0.2) is 24.3 Å². The van der Waals surface area contributed by atoms with Gasteiger partial charge in [0.15, 0.2) is 0 Å². The number of rotatable bonds is 1. The Hall–Kier alpha value is -0.780. The van der Waals surface area contributed by atoms with E-state index in [2.05, 4.69) is 45.0 Å². The van der Waals surface area contributed by atoms with Crippen molar-refractivity contribution in [3.8, 4) is 0 Å². The molecule has 0 nitrogen and oxygen atoms in total. The monoisotopic (exact) mass is 174 g/mol. The quantitative estimate of drug-likeness (QED) is 0.606. The Labute approximate surface area is 81.0 Å². The highest BCUT2D eigenvalue weighted by molar-refractivity contribution is 5.32. The largest absolute Gasteiger partial charge is 0.0617 e. The van der Waals surface area contributed by atoms with Crippen LogP contribution in [0.4, 0.5) is 0 Å². The first-order valence-corrected chi connectivity index (χ1v) is 5.18. The highest BCUT2D eigenvalue weighted by atomic mass is 14.3. The van der Waals surface area contributed by atoms with Crippen LogP contribution < -0.4 is 0 Å². The fourth-order valence-electron chi connectivity index (χ4n) is 1.68. The average Bonchev–Trinajstić information content (AvgIpc) is 2.85. The minimum absolute atomic E-state index is 0.297. The highest BCUT2D eigenvalue weighted by Crippen LogP contribution is 2.41. The van der Waals surface area contributed by atoms with E-state index in [0.29, 0.717) is 5.41 Å². The third-order valence-electron chi connectivity index (χ3n) is 2.80. The molecule has 0 amide bonds. The molecule has 1 aliphatic rings. The second-order valence-electron chi connectivity index (χ2n) is 5.15. The van der Waals surface area contributed by atoms with Crippen molar-refractivity contribution in [1.82, 2.24) is 0 Å². The van der Waals surface area contributed by atoms with Gasteiger partial charge in [-0.3, -0.25) is 0 Å². The molecule has 0 aromatic heterocycles. The molecule has 0 unspecified atom stereocenters. The van der Waals surface area contributed by atoms with Crippen molar-refractivity contribution in [2.75, 3.05) is 0 Å². The lowest BCUT2D eigenvalue weighted by atomic mass is 9.86. The van der Waals surface area contributed by atoms with Gasteiger partial charge in [0.05, 0.1) is 0 Å². The molecule has 0 spiro atoms. The molecule has 1 aromatic rings. The Morgan fingerprint density at radius 2 is 1.85 bits per heavy atom. The zero-order valence-electron chi connectivity index (χ0n) is 8.80. The molecule has 2 rings (SSSR count). The molecule has 0 atom stereocenters. The van der Waals surface area contributed by atoms with Crippen LogP contribution in [0.1, 0.15) is 50.7 Å². The third-order valence-corrected chi connectivity index (χ3v) is 2.80. The zero-order chi connectivity index (χ0) is 9.47. The van der Waals surface area contributed by atoms with Crippen molar-refractivity contribution in [2.45, 2.75) is 44.9 Å². The Kier molecular flexibility index (Phi) is 1.94.